The molecule has 0 heterocycles. The van der Waals surface area contributed by atoms with Gasteiger partial charge in [0.25, 0.3) is 0 Å². The highest BCUT2D eigenvalue weighted by Crippen LogP contribution is 2.44. The fourth-order valence-electron chi connectivity index (χ4n) is 1.84. The number of fused-ring (bicyclic) bond motifs is 1. The van der Waals surface area contributed by atoms with Crippen LogP contribution in [0.4, 0.5) is 0 Å². The highest BCUT2D eigenvalue weighted by atomic mass is 16.1. The van der Waals surface area contributed by atoms with Crippen LogP contribution in [0.15, 0.2) is 0 Å². The summed E-state index contributed by atoms with van der Waals surface area (Å²) < 4.78 is 0. The molecule has 2 fully saturated rings. The molecule has 1 nitrogen and oxygen atoms in total. The number of hydrogen-bond acceptors (Lipinski definition) is 1. The summed E-state index contributed by atoms with van der Waals surface area (Å²) in [5, 5.41) is 0. The quantitative estimate of drug-likeness (QED) is 0.460. The normalized spacial score (nSPS) is 43.8. The van der Waals surface area contributed by atoms with E-state index in [-0.39, 0.29) is 0 Å². The van der Waals surface area contributed by atoms with Gasteiger partial charge < -0.3 is 0 Å². The highest BCUT2D eigenvalue weighted by molar-refractivity contribution is 5.81. The maximum Gasteiger partial charge on any atom is 0.133 e. The van der Waals surface area contributed by atoms with Crippen molar-refractivity contribution in [2.45, 2.75) is 25.7 Å². The molecule has 8 heavy (non-hydrogen) atoms. The topological polar surface area (TPSA) is 17.1 Å². The van der Waals surface area contributed by atoms with Gasteiger partial charge in [0.05, 0.1) is 0 Å². The van der Waals surface area contributed by atoms with Gasteiger partial charge in [-0.05, 0) is 24.7 Å². The molecule has 2 aliphatic carbocycles. The Morgan fingerprint density at radius 1 is 1.12 bits per heavy atom. The van der Waals surface area contributed by atoms with E-state index >= 15 is 0 Å². The smallest absolute Gasteiger partial charge is 0.133 e. The summed E-state index contributed by atoms with van der Waals surface area (Å²) in [6.07, 6.45) is 4.47. The molecule has 0 bridgehead atoms. The number of carbonyl (C=O) groups is 1. The monoisotopic (exact) mass is 110 g/mol. The van der Waals surface area contributed by atoms with Crippen molar-refractivity contribution in [3.63, 3.8) is 0 Å². The van der Waals surface area contributed by atoms with Crippen molar-refractivity contribution in [2.24, 2.45) is 11.8 Å². The van der Waals surface area contributed by atoms with Crippen LogP contribution < -0.4 is 0 Å². The zero-order chi connectivity index (χ0) is 5.56. The molecule has 0 amide bonds. The van der Waals surface area contributed by atoms with Crippen molar-refractivity contribution in [1.29, 1.82) is 0 Å². The maximum absolute atomic E-state index is 10.7. The minimum Gasteiger partial charge on any atom is -0.300 e. The Hall–Kier alpha value is -0.330. The zero-order valence-corrected chi connectivity index (χ0v) is 4.89. The zero-order valence-electron chi connectivity index (χ0n) is 4.89. The SMILES string of the molecule is O=C1C[C@H]2CC[C@H]2C1. The molecule has 0 aromatic heterocycles. The van der Waals surface area contributed by atoms with Crippen molar-refractivity contribution in [3.05, 3.63) is 0 Å². The molecule has 2 saturated carbocycles. The summed E-state index contributed by atoms with van der Waals surface area (Å²) in [7, 11) is 0. The Labute approximate surface area is 49.1 Å². The lowest BCUT2D eigenvalue weighted by molar-refractivity contribution is -0.117. The first-order chi connectivity index (χ1) is 3.86. The first kappa shape index (κ1) is 4.54. The van der Waals surface area contributed by atoms with E-state index in [0.29, 0.717) is 5.78 Å². The van der Waals surface area contributed by atoms with Crippen LogP contribution >= 0.6 is 0 Å². The van der Waals surface area contributed by atoms with Crippen molar-refractivity contribution < 1.29 is 4.79 Å². The van der Waals surface area contributed by atoms with Crippen LogP contribution in [0.1, 0.15) is 25.7 Å². The molecular formula is C7H10O. The van der Waals surface area contributed by atoms with Crippen molar-refractivity contribution in [3.8, 4) is 0 Å². The fraction of sp³-hybridized carbons (Fsp3) is 0.857. The molecule has 44 valence electrons. The van der Waals surface area contributed by atoms with Crippen molar-refractivity contribution in [2.75, 3.05) is 0 Å². The predicted molar refractivity (Wildman–Crippen MR) is 30.5 cm³/mol. The number of ketones is 1. The third-order valence-corrected chi connectivity index (χ3v) is 2.55. The van der Waals surface area contributed by atoms with Gasteiger partial charge in [0, 0.05) is 12.8 Å². The molecule has 0 unspecified atom stereocenters. The molecule has 2 rings (SSSR count). The first-order valence-corrected chi connectivity index (χ1v) is 3.38. The van der Waals surface area contributed by atoms with Gasteiger partial charge in [-0.1, -0.05) is 0 Å². The summed E-state index contributed by atoms with van der Waals surface area (Å²) in [5.41, 5.74) is 0. The molecule has 0 spiro atoms. The summed E-state index contributed by atoms with van der Waals surface area (Å²) in [6, 6.07) is 0. The van der Waals surface area contributed by atoms with E-state index in [2.05, 4.69) is 0 Å². The third kappa shape index (κ3) is 0.445. The number of Topliss-reactive ketones (excluding diaryl/α,β-unsaturated/α-hetero) is 1. The van der Waals surface area contributed by atoms with E-state index in [1.165, 1.54) is 12.8 Å². The molecule has 0 radical (unpaired) electrons. The van der Waals surface area contributed by atoms with Crippen LogP contribution in [0.25, 0.3) is 0 Å². The van der Waals surface area contributed by atoms with Gasteiger partial charge in [0.1, 0.15) is 5.78 Å². The lowest BCUT2D eigenvalue weighted by Gasteiger charge is -2.28. The summed E-state index contributed by atoms with van der Waals surface area (Å²) in [4.78, 5) is 10.7. The van der Waals surface area contributed by atoms with Gasteiger partial charge in [-0.25, -0.2) is 0 Å². The van der Waals surface area contributed by atoms with Crippen LogP contribution in [-0.4, -0.2) is 5.78 Å². The van der Waals surface area contributed by atoms with Crippen molar-refractivity contribution in [1.82, 2.24) is 0 Å². The third-order valence-electron chi connectivity index (χ3n) is 2.55. The van der Waals surface area contributed by atoms with E-state index in [1.54, 1.807) is 0 Å². The Morgan fingerprint density at radius 3 is 1.88 bits per heavy atom. The Morgan fingerprint density at radius 2 is 1.62 bits per heavy atom. The minimum absolute atomic E-state index is 0.512. The van der Waals surface area contributed by atoms with Crippen LogP contribution in [-0.2, 0) is 4.79 Å². The van der Waals surface area contributed by atoms with Gasteiger partial charge in [0.15, 0.2) is 0 Å². The molecule has 0 aromatic rings. The second-order valence-electron chi connectivity index (χ2n) is 3.04. The molecule has 1 heteroatoms. The average molecular weight is 110 g/mol. The van der Waals surface area contributed by atoms with Gasteiger partial charge >= 0.3 is 0 Å². The van der Waals surface area contributed by atoms with Gasteiger partial charge in [-0.3, -0.25) is 4.79 Å². The number of rotatable bonds is 0. The molecule has 0 aliphatic heterocycles. The Balaban J connectivity index is 2.10. The lowest BCUT2D eigenvalue weighted by atomic mass is 9.77. The van der Waals surface area contributed by atoms with Gasteiger partial charge in [0.2, 0.25) is 0 Å². The first-order valence-electron chi connectivity index (χ1n) is 3.38. The van der Waals surface area contributed by atoms with E-state index in [9.17, 15) is 4.79 Å². The van der Waals surface area contributed by atoms with Crippen LogP contribution in [0, 0.1) is 11.8 Å². The molecule has 2 aliphatic rings. The lowest BCUT2D eigenvalue weighted by Crippen LogP contribution is -2.18. The Bertz CT molecular complexity index is 114. The highest BCUT2D eigenvalue weighted by Gasteiger charge is 2.38. The molecule has 0 aromatic carbocycles. The predicted octanol–water partition coefficient (Wildman–Crippen LogP) is 1.38. The summed E-state index contributed by atoms with van der Waals surface area (Å²) >= 11 is 0. The van der Waals surface area contributed by atoms with Crippen molar-refractivity contribution >= 4 is 5.78 Å². The van der Waals surface area contributed by atoms with Crippen LogP contribution in [0.3, 0.4) is 0 Å². The molecule has 0 N–H and O–H groups in total. The summed E-state index contributed by atoms with van der Waals surface area (Å²) in [5.74, 6) is 2.16. The van der Waals surface area contributed by atoms with E-state index in [4.69, 9.17) is 0 Å². The molecule has 0 saturated heterocycles. The van der Waals surface area contributed by atoms with Gasteiger partial charge in [-0.15, -0.1) is 0 Å². The van der Waals surface area contributed by atoms with E-state index in [1.807, 2.05) is 0 Å². The second-order valence-corrected chi connectivity index (χ2v) is 3.04. The van der Waals surface area contributed by atoms with Crippen LogP contribution in [0.2, 0.25) is 0 Å². The molecular weight excluding hydrogens is 100 g/mol. The fourth-order valence-corrected chi connectivity index (χ4v) is 1.84. The number of carbonyl (C=O) groups excluding carboxylic acids is 1. The van der Waals surface area contributed by atoms with E-state index in [0.717, 1.165) is 24.7 Å². The Kier molecular flexibility index (Phi) is 0.758. The van der Waals surface area contributed by atoms with E-state index < -0.39 is 0 Å². The largest absolute Gasteiger partial charge is 0.300 e. The maximum atomic E-state index is 10.7. The van der Waals surface area contributed by atoms with Gasteiger partial charge in [-0.2, -0.15) is 0 Å². The molecule has 2 atom stereocenters. The standard InChI is InChI=1S/C7H10O/c8-7-3-5-1-2-6(5)4-7/h5-6H,1-4H2/t5-,6+. The second kappa shape index (κ2) is 1.34. The minimum atomic E-state index is 0.512. The van der Waals surface area contributed by atoms with Crippen LogP contribution in [0.5, 0.6) is 0 Å². The average Bonchev–Trinajstić information content (AvgIpc) is 1.91. The summed E-state index contributed by atoms with van der Waals surface area (Å²) in [6.45, 7) is 0. The number of hydrogen-bond donors (Lipinski definition) is 0.